The third kappa shape index (κ3) is 3.50. The largest absolute Gasteiger partial charge is 0.493 e. The highest BCUT2D eigenvalue weighted by Gasteiger charge is 2.15. The van der Waals surface area contributed by atoms with E-state index in [9.17, 15) is 0 Å². The van der Waals surface area contributed by atoms with E-state index in [0.29, 0.717) is 23.0 Å². The summed E-state index contributed by atoms with van der Waals surface area (Å²) in [7, 11) is 6.48. The number of nitrogens with zero attached hydrogens (tertiary/aromatic N) is 1. The van der Waals surface area contributed by atoms with E-state index < -0.39 is 0 Å². The average Bonchev–Trinajstić information content (AvgIpc) is 3.16. The van der Waals surface area contributed by atoms with Gasteiger partial charge in [-0.15, -0.1) is 11.3 Å². The molecule has 0 bridgehead atoms. The fraction of sp³-hybridized carbons (Fsp3) is 0.211. The van der Waals surface area contributed by atoms with Gasteiger partial charge in [0.05, 0.1) is 33.3 Å². The molecule has 136 valence electrons. The van der Waals surface area contributed by atoms with Crippen LogP contribution in [0.5, 0.6) is 23.0 Å². The van der Waals surface area contributed by atoms with Gasteiger partial charge in [-0.3, -0.25) is 0 Å². The molecule has 0 fully saturated rings. The Kier molecular flexibility index (Phi) is 5.68. The first-order valence-corrected chi connectivity index (χ1v) is 9.32. The molecule has 0 atom stereocenters. The van der Waals surface area contributed by atoms with Crippen LogP contribution in [-0.4, -0.2) is 33.4 Å². The lowest BCUT2D eigenvalue weighted by molar-refractivity contribution is 0.355. The van der Waals surface area contributed by atoms with Gasteiger partial charge in [0.1, 0.15) is 5.01 Å². The maximum Gasteiger partial charge on any atom is 0.161 e. The quantitative estimate of drug-likeness (QED) is 0.527. The Bertz CT molecular complexity index is 926. The Balaban J connectivity index is 2.01. The third-order valence-electron chi connectivity index (χ3n) is 3.88. The van der Waals surface area contributed by atoms with E-state index in [1.807, 2.05) is 36.5 Å². The maximum atomic E-state index is 5.40. The van der Waals surface area contributed by atoms with E-state index >= 15 is 0 Å². The Morgan fingerprint density at radius 2 is 1.42 bits per heavy atom. The molecule has 0 aliphatic heterocycles. The number of hydrogen-bond donors (Lipinski definition) is 0. The molecule has 26 heavy (non-hydrogen) atoms. The summed E-state index contributed by atoms with van der Waals surface area (Å²) in [4.78, 5) is 5.60. The zero-order valence-electron chi connectivity index (χ0n) is 14.8. The normalized spacial score (nSPS) is 10.5. The number of halogens is 1. The predicted molar refractivity (Wildman–Crippen MR) is 107 cm³/mol. The van der Waals surface area contributed by atoms with Crippen molar-refractivity contribution in [2.45, 2.75) is 0 Å². The van der Waals surface area contributed by atoms with Crippen LogP contribution in [0.3, 0.4) is 0 Å². The summed E-state index contributed by atoms with van der Waals surface area (Å²) in [6.45, 7) is 0. The van der Waals surface area contributed by atoms with Crippen LogP contribution < -0.4 is 18.9 Å². The van der Waals surface area contributed by atoms with Gasteiger partial charge in [-0.05, 0) is 51.8 Å². The van der Waals surface area contributed by atoms with Gasteiger partial charge in [-0.25, -0.2) is 4.98 Å². The summed E-state index contributed by atoms with van der Waals surface area (Å²) in [6, 6.07) is 9.62. The number of hydrogen-bond acceptors (Lipinski definition) is 6. The summed E-state index contributed by atoms with van der Waals surface area (Å²) in [5, 5.41) is 0.877. The van der Waals surface area contributed by atoms with Gasteiger partial charge in [-0.1, -0.05) is 0 Å². The van der Waals surface area contributed by atoms with Crippen molar-refractivity contribution >= 4 is 27.3 Å². The zero-order chi connectivity index (χ0) is 18.7. The molecule has 3 aromatic rings. The lowest BCUT2D eigenvalue weighted by atomic mass is 10.2. The number of aromatic nitrogens is 1. The van der Waals surface area contributed by atoms with Crippen LogP contribution in [0, 0.1) is 0 Å². The van der Waals surface area contributed by atoms with Crippen LogP contribution in [-0.2, 0) is 0 Å². The summed E-state index contributed by atoms with van der Waals surface area (Å²) >= 11 is 5.17. The third-order valence-corrected chi connectivity index (χ3v) is 5.61. The maximum absolute atomic E-state index is 5.40. The lowest BCUT2D eigenvalue weighted by Gasteiger charge is -2.10. The first-order valence-electron chi connectivity index (χ1n) is 7.71. The standard InChI is InChI=1S/C19H18BrNO4S/c1-22-14-6-5-11(7-15(14)23-2)18-10-21-19(26-18)12-8-16(24-3)17(25-4)9-13(12)20/h5-10H,1-4H3. The van der Waals surface area contributed by atoms with Gasteiger partial charge >= 0.3 is 0 Å². The molecule has 0 radical (unpaired) electrons. The van der Waals surface area contributed by atoms with Gasteiger partial charge in [0, 0.05) is 16.2 Å². The molecule has 0 aliphatic carbocycles. The van der Waals surface area contributed by atoms with E-state index in [2.05, 4.69) is 20.9 Å². The molecule has 3 rings (SSSR count). The molecule has 5 nitrogen and oxygen atoms in total. The smallest absolute Gasteiger partial charge is 0.161 e. The Labute approximate surface area is 164 Å². The SMILES string of the molecule is COc1ccc(-c2cnc(-c3cc(OC)c(OC)cc3Br)s2)cc1OC. The molecule has 1 aromatic heterocycles. The van der Waals surface area contributed by atoms with E-state index in [1.54, 1.807) is 39.8 Å². The van der Waals surface area contributed by atoms with Crippen LogP contribution in [0.25, 0.3) is 21.0 Å². The van der Waals surface area contributed by atoms with Crippen molar-refractivity contribution in [3.63, 3.8) is 0 Å². The molecule has 0 N–H and O–H groups in total. The second-order valence-corrected chi connectivity index (χ2v) is 7.17. The van der Waals surface area contributed by atoms with E-state index in [0.717, 1.165) is 25.5 Å². The minimum absolute atomic E-state index is 0.661. The van der Waals surface area contributed by atoms with Crippen molar-refractivity contribution in [1.82, 2.24) is 4.98 Å². The van der Waals surface area contributed by atoms with E-state index in [4.69, 9.17) is 18.9 Å². The first-order chi connectivity index (χ1) is 12.6. The summed E-state index contributed by atoms with van der Waals surface area (Å²) < 4.78 is 22.3. The highest BCUT2D eigenvalue weighted by molar-refractivity contribution is 9.10. The zero-order valence-corrected chi connectivity index (χ0v) is 17.2. The summed E-state index contributed by atoms with van der Waals surface area (Å²) in [5.74, 6) is 2.71. The van der Waals surface area contributed by atoms with E-state index in [1.165, 1.54) is 0 Å². The lowest BCUT2D eigenvalue weighted by Crippen LogP contribution is -1.91. The summed E-state index contributed by atoms with van der Waals surface area (Å²) in [5.41, 5.74) is 1.96. The van der Waals surface area contributed by atoms with Crippen LogP contribution in [0.15, 0.2) is 41.0 Å². The van der Waals surface area contributed by atoms with Crippen molar-refractivity contribution in [3.8, 4) is 44.0 Å². The number of ether oxygens (including phenoxy) is 4. The fourth-order valence-corrected chi connectivity index (χ4v) is 4.12. The second kappa shape index (κ2) is 7.97. The molecular weight excluding hydrogens is 418 g/mol. The van der Waals surface area contributed by atoms with Crippen LogP contribution in [0.4, 0.5) is 0 Å². The number of thiazole rings is 1. The predicted octanol–water partition coefficient (Wildman–Crippen LogP) is 5.27. The molecule has 1 heterocycles. The van der Waals surface area contributed by atoms with Crippen molar-refractivity contribution in [2.75, 3.05) is 28.4 Å². The monoisotopic (exact) mass is 435 g/mol. The Hall–Kier alpha value is -2.25. The van der Waals surface area contributed by atoms with E-state index in [-0.39, 0.29) is 0 Å². The topological polar surface area (TPSA) is 49.8 Å². The van der Waals surface area contributed by atoms with Gasteiger partial charge in [-0.2, -0.15) is 0 Å². The molecule has 0 unspecified atom stereocenters. The highest BCUT2D eigenvalue weighted by Crippen LogP contribution is 2.42. The molecule has 7 heteroatoms. The van der Waals surface area contributed by atoms with Crippen molar-refractivity contribution < 1.29 is 18.9 Å². The average molecular weight is 436 g/mol. The van der Waals surface area contributed by atoms with Gasteiger partial charge < -0.3 is 18.9 Å². The Morgan fingerprint density at radius 1 is 0.808 bits per heavy atom. The molecule has 0 aliphatic rings. The molecule has 0 spiro atoms. The fourth-order valence-electron chi connectivity index (χ4n) is 2.54. The molecular formula is C19H18BrNO4S. The van der Waals surface area contributed by atoms with Crippen molar-refractivity contribution in [3.05, 3.63) is 41.0 Å². The van der Waals surface area contributed by atoms with Gasteiger partial charge in [0.15, 0.2) is 23.0 Å². The molecule has 2 aromatic carbocycles. The number of rotatable bonds is 6. The minimum Gasteiger partial charge on any atom is -0.493 e. The molecule has 0 saturated heterocycles. The highest BCUT2D eigenvalue weighted by atomic mass is 79.9. The number of benzene rings is 2. The van der Waals surface area contributed by atoms with Gasteiger partial charge in [0.25, 0.3) is 0 Å². The Morgan fingerprint density at radius 3 is 2.08 bits per heavy atom. The summed E-state index contributed by atoms with van der Waals surface area (Å²) in [6.07, 6.45) is 1.85. The van der Waals surface area contributed by atoms with Crippen LogP contribution in [0.1, 0.15) is 0 Å². The number of methoxy groups -OCH3 is 4. The van der Waals surface area contributed by atoms with Crippen LogP contribution in [0.2, 0.25) is 0 Å². The van der Waals surface area contributed by atoms with Crippen molar-refractivity contribution in [2.24, 2.45) is 0 Å². The van der Waals surface area contributed by atoms with Crippen molar-refractivity contribution in [1.29, 1.82) is 0 Å². The molecule has 0 saturated carbocycles. The van der Waals surface area contributed by atoms with Gasteiger partial charge in [0.2, 0.25) is 0 Å². The second-order valence-electron chi connectivity index (χ2n) is 5.29. The van der Waals surface area contributed by atoms with Crippen LogP contribution >= 0.6 is 27.3 Å². The minimum atomic E-state index is 0.661. The molecule has 0 amide bonds. The first kappa shape index (κ1) is 18.5.